The van der Waals surface area contributed by atoms with Crippen LogP contribution in [0.25, 0.3) is 0 Å². The molecule has 0 aliphatic heterocycles. The number of ether oxygens (including phenoxy) is 5. The molecule has 1 aromatic rings. The number of carbonyl (C=O) groups is 3. The van der Waals surface area contributed by atoms with Crippen LogP contribution < -0.4 is 15.4 Å². The van der Waals surface area contributed by atoms with Gasteiger partial charge in [0.2, 0.25) is 11.8 Å². The third-order valence-electron chi connectivity index (χ3n) is 4.14. The minimum absolute atomic E-state index is 0.00935. The molecule has 0 aliphatic carbocycles. The highest BCUT2D eigenvalue weighted by Gasteiger charge is 2.04. The van der Waals surface area contributed by atoms with Gasteiger partial charge in [0.15, 0.2) is 0 Å². The van der Waals surface area contributed by atoms with Gasteiger partial charge >= 0.3 is 5.97 Å². The number of carboxylic acids is 1. The Hall–Kier alpha value is -2.73. The van der Waals surface area contributed by atoms with E-state index in [4.69, 9.17) is 28.8 Å². The summed E-state index contributed by atoms with van der Waals surface area (Å²) in [7, 11) is 0. The van der Waals surface area contributed by atoms with E-state index in [9.17, 15) is 14.4 Å². The molecule has 192 valence electrons. The van der Waals surface area contributed by atoms with Crippen LogP contribution in [0.5, 0.6) is 5.75 Å². The van der Waals surface area contributed by atoms with Crippen LogP contribution in [0.2, 0.25) is 0 Å². The SMILES string of the molecule is CC(=O)Nc1ccc(OCCOCCOCCOCCOCCCNC(=O)CCC(=O)O)cc1. The molecular weight excluding hydrogens is 448 g/mol. The molecule has 0 aromatic heterocycles. The number of amides is 2. The lowest BCUT2D eigenvalue weighted by Crippen LogP contribution is -2.25. The van der Waals surface area contributed by atoms with Crippen LogP contribution in [0, 0.1) is 0 Å². The fourth-order valence-electron chi connectivity index (χ4n) is 2.53. The number of hydrogen-bond donors (Lipinski definition) is 3. The number of carbonyl (C=O) groups excluding carboxylic acids is 2. The average molecular weight is 485 g/mol. The topological polar surface area (TPSA) is 142 Å². The summed E-state index contributed by atoms with van der Waals surface area (Å²) < 4.78 is 27.2. The molecule has 0 aliphatic rings. The molecule has 0 heterocycles. The van der Waals surface area contributed by atoms with Crippen LogP contribution in [0.1, 0.15) is 26.2 Å². The zero-order valence-electron chi connectivity index (χ0n) is 19.7. The molecule has 0 atom stereocenters. The van der Waals surface area contributed by atoms with Gasteiger partial charge in [-0.3, -0.25) is 14.4 Å². The standard InChI is InChI=1S/C23H36N2O9/c1-19(26)25-20-3-5-21(6-4-20)34-18-17-33-16-15-32-14-13-31-12-11-30-10-2-9-24-22(27)7-8-23(28)29/h3-6H,2,7-18H2,1H3,(H,24,27)(H,25,26)(H,28,29). The van der Waals surface area contributed by atoms with Crippen molar-refractivity contribution < 1.29 is 43.2 Å². The lowest BCUT2D eigenvalue weighted by molar-refractivity contribution is -0.138. The second kappa shape index (κ2) is 19.7. The van der Waals surface area contributed by atoms with Crippen molar-refractivity contribution in [1.82, 2.24) is 5.32 Å². The molecule has 0 fully saturated rings. The van der Waals surface area contributed by atoms with Gasteiger partial charge < -0.3 is 39.4 Å². The van der Waals surface area contributed by atoms with Crippen molar-refractivity contribution in [2.75, 3.05) is 71.3 Å². The molecule has 0 saturated heterocycles. The Bertz CT molecular complexity index is 698. The number of carboxylic acid groups (broad SMARTS) is 1. The normalized spacial score (nSPS) is 10.6. The van der Waals surface area contributed by atoms with Crippen molar-refractivity contribution in [1.29, 1.82) is 0 Å². The van der Waals surface area contributed by atoms with Crippen molar-refractivity contribution in [3.8, 4) is 5.75 Å². The fraction of sp³-hybridized carbons (Fsp3) is 0.609. The summed E-state index contributed by atoms with van der Waals surface area (Å²) in [5, 5.41) is 13.8. The predicted octanol–water partition coefficient (Wildman–Crippen LogP) is 1.46. The van der Waals surface area contributed by atoms with Gasteiger partial charge in [0, 0.05) is 32.2 Å². The minimum Gasteiger partial charge on any atom is -0.491 e. The predicted molar refractivity (Wildman–Crippen MR) is 124 cm³/mol. The van der Waals surface area contributed by atoms with Gasteiger partial charge in [0.25, 0.3) is 0 Å². The summed E-state index contributed by atoms with van der Waals surface area (Å²) >= 11 is 0. The highest BCUT2D eigenvalue weighted by molar-refractivity contribution is 5.88. The van der Waals surface area contributed by atoms with Gasteiger partial charge in [0.05, 0.1) is 52.7 Å². The van der Waals surface area contributed by atoms with Crippen molar-refractivity contribution in [3.63, 3.8) is 0 Å². The number of rotatable bonds is 21. The molecule has 0 saturated carbocycles. The quantitative estimate of drug-likeness (QED) is 0.221. The van der Waals surface area contributed by atoms with Crippen LogP contribution in [0.15, 0.2) is 24.3 Å². The number of benzene rings is 1. The van der Waals surface area contributed by atoms with E-state index in [1.54, 1.807) is 24.3 Å². The van der Waals surface area contributed by atoms with Crippen molar-refractivity contribution >= 4 is 23.5 Å². The van der Waals surface area contributed by atoms with E-state index in [0.717, 1.165) is 5.69 Å². The van der Waals surface area contributed by atoms with E-state index in [0.29, 0.717) is 78.2 Å². The molecule has 2 amide bonds. The first-order chi connectivity index (χ1) is 16.5. The van der Waals surface area contributed by atoms with E-state index in [-0.39, 0.29) is 24.7 Å². The summed E-state index contributed by atoms with van der Waals surface area (Å²) in [6.45, 7) is 6.00. The summed E-state index contributed by atoms with van der Waals surface area (Å²) in [6.07, 6.45) is 0.479. The summed E-state index contributed by atoms with van der Waals surface area (Å²) in [6, 6.07) is 7.12. The summed E-state index contributed by atoms with van der Waals surface area (Å²) in [4.78, 5) is 32.6. The van der Waals surface area contributed by atoms with Gasteiger partial charge in [-0.2, -0.15) is 0 Å². The third-order valence-corrected chi connectivity index (χ3v) is 4.14. The molecule has 0 spiro atoms. The fourth-order valence-corrected chi connectivity index (χ4v) is 2.53. The second-order valence-electron chi connectivity index (χ2n) is 7.10. The van der Waals surface area contributed by atoms with Crippen LogP contribution in [0.4, 0.5) is 5.69 Å². The van der Waals surface area contributed by atoms with Crippen LogP contribution in [0.3, 0.4) is 0 Å². The van der Waals surface area contributed by atoms with E-state index in [2.05, 4.69) is 10.6 Å². The first-order valence-corrected chi connectivity index (χ1v) is 11.3. The van der Waals surface area contributed by atoms with E-state index in [1.807, 2.05) is 0 Å². The lowest BCUT2D eigenvalue weighted by Gasteiger charge is -2.09. The molecule has 0 unspecified atom stereocenters. The minimum atomic E-state index is -0.983. The summed E-state index contributed by atoms with van der Waals surface area (Å²) in [5.41, 5.74) is 0.722. The smallest absolute Gasteiger partial charge is 0.303 e. The number of hydrogen-bond acceptors (Lipinski definition) is 8. The third kappa shape index (κ3) is 17.8. The average Bonchev–Trinajstić information content (AvgIpc) is 2.80. The van der Waals surface area contributed by atoms with Gasteiger partial charge in [-0.15, -0.1) is 0 Å². The molecule has 0 bridgehead atoms. The molecule has 1 rings (SSSR count). The highest BCUT2D eigenvalue weighted by atomic mass is 16.6. The van der Waals surface area contributed by atoms with E-state index in [1.165, 1.54) is 6.92 Å². The highest BCUT2D eigenvalue weighted by Crippen LogP contribution is 2.15. The maximum Gasteiger partial charge on any atom is 0.303 e. The maximum atomic E-state index is 11.3. The Morgan fingerprint density at radius 2 is 1.29 bits per heavy atom. The Morgan fingerprint density at radius 3 is 1.82 bits per heavy atom. The first kappa shape index (κ1) is 29.3. The van der Waals surface area contributed by atoms with Crippen LogP contribution in [-0.4, -0.2) is 88.9 Å². The van der Waals surface area contributed by atoms with Crippen molar-refractivity contribution in [2.45, 2.75) is 26.2 Å². The van der Waals surface area contributed by atoms with E-state index < -0.39 is 5.97 Å². The van der Waals surface area contributed by atoms with Crippen molar-refractivity contribution in [2.24, 2.45) is 0 Å². The second-order valence-corrected chi connectivity index (χ2v) is 7.10. The molecular formula is C23H36N2O9. The van der Waals surface area contributed by atoms with E-state index >= 15 is 0 Å². The molecule has 11 nitrogen and oxygen atoms in total. The van der Waals surface area contributed by atoms with Gasteiger partial charge in [-0.05, 0) is 30.7 Å². The van der Waals surface area contributed by atoms with Crippen LogP contribution in [-0.2, 0) is 33.3 Å². The Kier molecular flexibility index (Phi) is 17.0. The molecule has 1 aromatic carbocycles. The lowest BCUT2D eigenvalue weighted by atomic mass is 10.3. The molecule has 3 N–H and O–H groups in total. The maximum absolute atomic E-state index is 11.3. The number of anilines is 1. The zero-order chi connectivity index (χ0) is 24.9. The molecule has 0 radical (unpaired) electrons. The Morgan fingerprint density at radius 1 is 0.765 bits per heavy atom. The zero-order valence-corrected chi connectivity index (χ0v) is 19.7. The first-order valence-electron chi connectivity index (χ1n) is 11.3. The van der Waals surface area contributed by atoms with Crippen LogP contribution >= 0.6 is 0 Å². The largest absolute Gasteiger partial charge is 0.491 e. The van der Waals surface area contributed by atoms with Crippen molar-refractivity contribution in [3.05, 3.63) is 24.3 Å². The Labute approximate surface area is 200 Å². The molecule has 11 heteroatoms. The monoisotopic (exact) mass is 484 g/mol. The summed E-state index contributed by atoms with van der Waals surface area (Å²) in [5.74, 6) is -0.664. The van der Waals surface area contributed by atoms with Gasteiger partial charge in [0.1, 0.15) is 12.4 Å². The van der Waals surface area contributed by atoms with Gasteiger partial charge in [-0.1, -0.05) is 0 Å². The van der Waals surface area contributed by atoms with Gasteiger partial charge in [-0.25, -0.2) is 0 Å². The Balaban J connectivity index is 1.79. The number of aliphatic carboxylic acids is 1. The number of nitrogens with one attached hydrogen (secondary N) is 2. The molecule has 34 heavy (non-hydrogen) atoms.